The van der Waals surface area contributed by atoms with Crippen molar-refractivity contribution in [1.82, 2.24) is 4.90 Å². The Morgan fingerprint density at radius 3 is 2.67 bits per heavy atom. The first-order valence-electron chi connectivity index (χ1n) is 6.94. The van der Waals surface area contributed by atoms with Crippen LogP contribution in [0.1, 0.15) is 18.9 Å². The first kappa shape index (κ1) is 16.0. The molecule has 1 aliphatic heterocycles. The number of fused-ring (bicyclic) bond motifs is 1. The van der Waals surface area contributed by atoms with E-state index >= 15 is 0 Å². The van der Waals surface area contributed by atoms with E-state index in [0.29, 0.717) is 18.7 Å². The number of hydrogen-bond donors (Lipinski definition) is 1. The van der Waals surface area contributed by atoms with Crippen molar-refractivity contribution >= 4 is 39.1 Å². The number of imide groups is 1. The minimum Gasteiger partial charge on any atom is -0.383 e. The van der Waals surface area contributed by atoms with Gasteiger partial charge in [-0.25, -0.2) is 4.90 Å². The highest BCUT2D eigenvalue weighted by Gasteiger charge is 2.26. The number of hydrogen-bond acceptors (Lipinski definition) is 4. The van der Waals surface area contributed by atoms with Crippen LogP contribution in [-0.2, 0) is 16.0 Å². The molecule has 0 radical (unpaired) electrons. The summed E-state index contributed by atoms with van der Waals surface area (Å²) in [7, 11) is 3.81. The van der Waals surface area contributed by atoms with Gasteiger partial charge in [0.2, 0.25) is 11.8 Å². The summed E-state index contributed by atoms with van der Waals surface area (Å²) in [4.78, 5) is 27.6. The number of rotatable bonds is 4. The molecule has 0 fully saturated rings. The summed E-state index contributed by atoms with van der Waals surface area (Å²) >= 11 is 3.46. The Bertz CT molecular complexity index is 572. The molecule has 0 bridgehead atoms. The van der Waals surface area contributed by atoms with Gasteiger partial charge >= 0.3 is 0 Å². The topological polar surface area (TPSA) is 52.7 Å². The summed E-state index contributed by atoms with van der Waals surface area (Å²) in [6, 6.07) is 3.85. The Hall–Kier alpha value is -1.40. The Balaban J connectivity index is 2.35. The van der Waals surface area contributed by atoms with E-state index in [1.54, 1.807) is 0 Å². The molecule has 0 aliphatic carbocycles. The lowest BCUT2D eigenvalue weighted by molar-refractivity contribution is -0.125. The van der Waals surface area contributed by atoms with Crippen molar-refractivity contribution in [3.63, 3.8) is 0 Å². The molecule has 21 heavy (non-hydrogen) atoms. The van der Waals surface area contributed by atoms with Crippen molar-refractivity contribution in [3.8, 4) is 0 Å². The van der Waals surface area contributed by atoms with Crippen LogP contribution in [0.15, 0.2) is 16.6 Å². The lowest BCUT2D eigenvalue weighted by Gasteiger charge is -2.23. The van der Waals surface area contributed by atoms with E-state index in [4.69, 9.17) is 0 Å². The maximum Gasteiger partial charge on any atom is 0.235 e. The minimum atomic E-state index is -0.257. The maximum atomic E-state index is 12.4. The lowest BCUT2D eigenvalue weighted by Crippen LogP contribution is -2.37. The number of nitrogens with zero attached hydrogens (tertiary/aromatic N) is 2. The summed E-state index contributed by atoms with van der Waals surface area (Å²) in [5, 5.41) is 3.27. The third-order valence-electron chi connectivity index (χ3n) is 3.44. The summed E-state index contributed by atoms with van der Waals surface area (Å²) in [6.07, 6.45) is 1.22. The molecule has 2 amide bonds. The van der Waals surface area contributed by atoms with E-state index in [2.05, 4.69) is 21.2 Å². The van der Waals surface area contributed by atoms with Gasteiger partial charge in [-0.3, -0.25) is 9.59 Å². The monoisotopic (exact) mass is 353 g/mol. The highest BCUT2D eigenvalue weighted by atomic mass is 79.9. The highest BCUT2D eigenvalue weighted by Crippen LogP contribution is 2.37. The maximum absolute atomic E-state index is 12.4. The molecule has 114 valence electrons. The number of carbonyl (C=O) groups is 2. The van der Waals surface area contributed by atoms with E-state index in [9.17, 15) is 9.59 Å². The molecule has 0 aromatic heterocycles. The van der Waals surface area contributed by atoms with Crippen molar-refractivity contribution in [1.29, 1.82) is 0 Å². The van der Waals surface area contributed by atoms with Crippen LogP contribution >= 0.6 is 15.9 Å². The average molecular weight is 354 g/mol. The third kappa shape index (κ3) is 3.63. The van der Waals surface area contributed by atoms with Gasteiger partial charge in [0.1, 0.15) is 0 Å². The van der Waals surface area contributed by atoms with Crippen LogP contribution in [-0.4, -0.2) is 43.9 Å². The second-order valence-corrected chi connectivity index (χ2v) is 6.35. The molecular weight excluding hydrogens is 334 g/mol. The molecule has 0 spiro atoms. The molecule has 1 aromatic rings. The summed E-state index contributed by atoms with van der Waals surface area (Å²) < 4.78 is 0.881. The Kier molecular flexibility index (Phi) is 5.00. The van der Waals surface area contributed by atoms with Gasteiger partial charge in [-0.1, -0.05) is 15.9 Å². The average Bonchev–Trinajstić information content (AvgIpc) is 2.84. The molecule has 1 heterocycles. The number of nitrogens with one attached hydrogen (secondary N) is 1. The van der Waals surface area contributed by atoms with Crippen LogP contribution in [0.3, 0.4) is 0 Å². The summed E-state index contributed by atoms with van der Waals surface area (Å²) in [5.41, 5.74) is 2.67. The second kappa shape index (κ2) is 6.58. The van der Waals surface area contributed by atoms with Gasteiger partial charge in [-0.05, 0) is 38.2 Å². The van der Waals surface area contributed by atoms with Gasteiger partial charge < -0.3 is 10.2 Å². The first-order chi connectivity index (χ1) is 9.90. The van der Waals surface area contributed by atoms with E-state index in [-0.39, 0.29) is 11.8 Å². The van der Waals surface area contributed by atoms with Gasteiger partial charge in [-0.2, -0.15) is 0 Å². The van der Waals surface area contributed by atoms with Gasteiger partial charge in [0.05, 0.1) is 11.4 Å². The number of amides is 2. The Morgan fingerprint density at radius 1 is 1.33 bits per heavy atom. The molecule has 0 saturated carbocycles. The van der Waals surface area contributed by atoms with E-state index in [1.807, 2.05) is 31.1 Å². The summed E-state index contributed by atoms with van der Waals surface area (Å²) in [6.45, 7) is 2.87. The molecule has 5 nitrogen and oxygen atoms in total. The van der Waals surface area contributed by atoms with Gasteiger partial charge in [0, 0.05) is 30.9 Å². The number of anilines is 2. The molecule has 1 N–H and O–H groups in total. The Labute approximate surface area is 133 Å². The molecule has 2 rings (SSSR count). The zero-order chi connectivity index (χ0) is 15.6. The number of halogens is 1. The van der Waals surface area contributed by atoms with Crippen molar-refractivity contribution in [3.05, 3.63) is 22.2 Å². The SMILES string of the molecule is CC(=O)N(C(=O)CCN(C)C)c1cc(Br)cc2c1NCC2. The van der Waals surface area contributed by atoms with Crippen molar-refractivity contribution in [2.24, 2.45) is 0 Å². The fourth-order valence-corrected chi connectivity index (χ4v) is 2.95. The second-order valence-electron chi connectivity index (χ2n) is 5.44. The molecule has 1 aromatic carbocycles. The van der Waals surface area contributed by atoms with Crippen LogP contribution in [0.25, 0.3) is 0 Å². The zero-order valence-electron chi connectivity index (χ0n) is 12.6. The van der Waals surface area contributed by atoms with Crippen LogP contribution < -0.4 is 10.2 Å². The van der Waals surface area contributed by atoms with Gasteiger partial charge in [0.15, 0.2) is 0 Å². The summed E-state index contributed by atoms with van der Waals surface area (Å²) in [5.74, 6) is -0.432. The molecule has 0 unspecified atom stereocenters. The smallest absolute Gasteiger partial charge is 0.235 e. The zero-order valence-corrected chi connectivity index (χ0v) is 14.2. The Morgan fingerprint density at radius 2 is 2.05 bits per heavy atom. The standard InChI is InChI=1S/C15H20BrN3O2/c1-10(20)19(14(21)5-7-18(2)3)13-9-12(16)8-11-4-6-17-15(11)13/h8-9,17H,4-7H2,1-3H3. The van der Waals surface area contributed by atoms with Crippen molar-refractivity contribution in [2.45, 2.75) is 19.8 Å². The van der Waals surface area contributed by atoms with Gasteiger partial charge in [0.25, 0.3) is 0 Å². The van der Waals surface area contributed by atoms with E-state index < -0.39 is 0 Å². The molecule has 6 heteroatoms. The van der Waals surface area contributed by atoms with Gasteiger partial charge in [-0.15, -0.1) is 0 Å². The lowest BCUT2D eigenvalue weighted by atomic mass is 10.1. The van der Waals surface area contributed by atoms with E-state index in [0.717, 1.165) is 28.7 Å². The van der Waals surface area contributed by atoms with Crippen LogP contribution in [0.2, 0.25) is 0 Å². The van der Waals surface area contributed by atoms with Crippen molar-refractivity contribution in [2.75, 3.05) is 37.4 Å². The predicted octanol–water partition coefficient (Wildman–Crippen LogP) is 2.25. The number of carbonyl (C=O) groups excluding carboxylic acids is 2. The normalized spacial score (nSPS) is 13.0. The quantitative estimate of drug-likeness (QED) is 0.901. The predicted molar refractivity (Wildman–Crippen MR) is 87.7 cm³/mol. The molecule has 0 saturated heterocycles. The van der Waals surface area contributed by atoms with Crippen LogP contribution in [0, 0.1) is 0 Å². The number of benzene rings is 1. The minimum absolute atomic E-state index is 0.176. The molecule has 1 aliphatic rings. The largest absolute Gasteiger partial charge is 0.383 e. The first-order valence-corrected chi connectivity index (χ1v) is 7.74. The molecule has 0 atom stereocenters. The van der Waals surface area contributed by atoms with Crippen molar-refractivity contribution < 1.29 is 9.59 Å². The fraction of sp³-hybridized carbons (Fsp3) is 0.467. The van der Waals surface area contributed by atoms with E-state index in [1.165, 1.54) is 11.8 Å². The van der Waals surface area contributed by atoms with Crippen LogP contribution in [0.4, 0.5) is 11.4 Å². The molecular formula is C15H20BrN3O2. The third-order valence-corrected chi connectivity index (χ3v) is 3.90. The highest BCUT2D eigenvalue weighted by molar-refractivity contribution is 9.10. The van der Waals surface area contributed by atoms with Crippen LogP contribution in [0.5, 0.6) is 0 Å². The fourth-order valence-electron chi connectivity index (χ4n) is 2.46.